The third-order valence-corrected chi connectivity index (χ3v) is 2.19. The van der Waals surface area contributed by atoms with Crippen molar-refractivity contribution in [3.63, 3.8) is 0 Å². The van der Waals surface area contributed by atoms with Gasteiger partial charge in [0.1, 0.15) is 12.1 Å². The monoisotopic (exact) mass is 239 g/mol. The van der Waals surface area contributed by atoms with Gasteiger partial charge in [-0.15, -0.1) is 0 Å². The van der Waals surface area contributed by atoms with Gasteiger partial charge in [0.05, 0.1) is 0 Å². The molecule has 1 rings (SSSR count). The van der Waals surface area contributed by atoms with E-state index in [1.165, 1.54) is 6.07 Å². The number of aliphatic hydroxyl groups excluding tert-OH is 1. The molecule has 1 amide bonds. The lowest BCUT2D eigenvalue weighted by atomic mass is 10.2. The average molecular weight is 240 g/mol. The number of aliphatic hydroxyl groups is 1. The molecule has 2 N–H and O–H groups in total. The Morgan fingerprint density at radius 1 is 1.56 bits per heavy atom. The normalized spacial score (nSPS) is 11.1. The molecule has 0 aliphatic carbocycles. The van der Waals surface area contributed by atoms with Crippen molar-refractivity contribution < 1.29 is 15.0 Å². The maximum absolute atomic E-state index is 11.1. The van der Waals surface area contributed by atoms with E-state index in [0.717, 1.165) is 4.90 Å². The number of benzene rings is 1. The molecule has 1 unspecified atom stereocenters. The third-order valence-electron chi connectivity index (χ3n) is 1.95. The zero-order chi connectivity index (χ0) is 12.1. The van der Waals surface area contributed by atoms with Gasteiger partial charge in [-0.25, -0.2) is 4.79 Å². The molecule has 0 aliphatic rings. The Bertz CT molecular complexity index is 450. The van der Waals surface area contributed by atoms with Gasteiger partial charge in [0.25, 0.3) is 0 Å². The largest absolute Gasteiger partial charge is 0.465 e. The number of halogens is 1. The topological polar surface area (TPSA) is 60.8 Å². The summed E-state index contributed by atoms with van der Waals surface area (Å²) in [6, 6.07) is 5.77. The summed E-state index contributed by atoms with van der Waals surface area (Å²) >= 11 is 5.77. The van der Waals surface area contributed by atoms with E-state index >= 15 is 0 Å². The van der Waals surface area contributed by atoms with Crippen molar-refractivity contribution in [1.29, 1.82) is 0 Å². The smallest absolute Gasteiger partial charge is 0.412 e. The van der Waals surface area contributed by atoms with E-state index in [1.54, 1.807) is 31.2 Å². The van der Waals surface area contributed by atoms with Gasteiger partial charge in [-0.2, -0.15) is 0 Å². The van der Waals surface area contributed by atoms with Gasteiger partial charge < -0.3 is 10.2 Å². The van der Waals surface area contributed by atoms with Crippen molar-refractivity contribution in [3.8, 4) is 12.0 Å². The summed E-state index contributed by atoms with van der Waals surface area (Å²) in [7, 11) is 0. The number of carboxylic acid groups (broad SMARTS) is 1. The first kappa shape index (κ1) is 12.2. The minimum Gasteiger partial charge on any atom is -0.465 e. The number of hydrogen-bond acceptors (Lipinski definition) is 2. The molecule has 16 heavy (non-hydrogen) atoms. The molecule has 0 saturated heterocycles. The van der Waals surface area contributed by atoms with E-state index in [1.807, 2.05) is 0 Å². The van der Waals surface area contributed by atoms with E-state index in [0.29, 0.717) is 10.7 Å². The van der Waals surface area contributed by atoms with Crippen LogP contribution in [0.1, 0.15) is 6.92 Å². The minimum atomic E-state index is -1.16. The maximum Gasteiger partial charge on any atom is 0.412 e. The minimum absolute atomic E-state index is 0.412. The molecule has 5 heteroatoms. The highest BCUT2D eigenvalue weighted by Gasteiger charge is 2.19. The van der Waals surface area contributed by atoms with Gasteiger partial charge in [-0.05, 0) is 31.0 Å². The number of rotatable bonds is 2. The fourth-order valence-electron chi connectivity index (χ4n) is 1.28. The van der Waals surface area contributed by atoms with Gasteiger partial charge in [0, 0.05) is 10.7 Å². The highest BCUT2D eigenvalue weighted by atomic mass is 35.5. The van der Waals surface area contributed by atoms with Crippen molar-refractivity contribution in [2.75, 3.05) is 4.90 Å². The van der Waals surface area contributed by atoms with Gasteiger partial charge in [-0.3, -0.25) is 4.90 Å². The first-order chi connectivity index (χ1) is 7.56. The molecular formula is C11H10ClNO3. The van der Waals surface area contributed by atoms with Crippen molar-refractivity contribution in [1.82, 2.24) is 0 Å². The Labute approximate surface area is 98.1 Å². The van der Waals surface area contributed by atoms with Crippen LogP contribution in [0.3, 0.4) is 0 Å². The molecule has 1 aromatic carbocycles. The van der Waals surface area contributed by atoms with E-state index < -0.39 is 12.1 Å². The molecule has 0 fully saturated rings. The fourth-order valence-corrected chi connectivity index (χ4v) is 1.47. The molecular weight excluding hydrogens is 230 g/mol. The number of carbonyl (C=O) groups is 1. The van der Waals surface area contributed by atoms with Crippen LogP contribution in [0.15, 0.2) is 24.3 Å². The summed E-state index contributed by atoms with van der Waals surface area (Å²) in [5, 5.41) is 17.9. The molecule has 1 aromatic rings. The quantitative estimate of drug-likeness (QED) is 0.780. The SMILES string of the molecule is CC(C#CO)N(C(=O)O)c1cccc(Cl)c1. The molecule has 0 spiro atoms. The predicted molar refractivity (Wildman–Crippen MR) is 61.1 cm³/mol. The van der Waals surface area contributed by atoms with Crippen molar-refractivity contribution in [3.05, 3.63) is 29.3 Å². The highest BCUT2D eigenvalue weighted by molar-refractivity contribution is 6.30. The number of nitrogens with zero attached hydrogens (tertiary/aromatic N) is 1. The van der Waals surface area contributed by atoms with E-state index in [2.05, 4.69) is 5.92 Å². The molecule has 0 saturated carbocycles. The van der Waals surface area contributed by atoms with Crippen LogP contribution in [0.25, 0.3) is 0 Å². The zero-order valence-corrected chi connectivity index (χ0v) is 9.27. The third kappa shape index (κ3) is 2.81. The molecule has 1 atom stereocenters. The van der Waals surface area contributed by atoms with E-state index in [-0.39, 0.29) is 0 Å². The number of hydrogen-bond donors (Lipinski definition) is 2. The van der Waals surface area contributed by atoms with Crippen molar-refractivity contribution in [2.24, 2.45) is 0 Å². The molecule has 4 nitrogen and oxygen atoms in total. The lowest BCUT2D eigenvalue weighted by Gasteiger charge is -2.22. The van der Waals surface area contributed by atoms with Crippen LogP contribution in [0.5, 0.6) is 0 Å². The lowest BCUT2D eigenvalue weighted by Crippen LogP contribution is -2.36. The number of amides is 1. The summed E-state index contributed by atoms with van der Waals surface area (Å²) in [6.07, 6.45) is 0.544. The Kier molecular flexibility index (Phi) is 4.03. The standard InChI is InChI=1S/C11H10ClNO3/c1-8(5-6-14)13(11(15)16)10-4-2-3-9(12)7-10/h2-4,7-8,14H,1H3,(H,15,16). The molecule has 0 aliphatic heterocycles. The van der Waals surface area contributed by atoms with Crippen LogP contribution in [-0.2, 0) is 0 Å². The van der Waals surface area contributed by atoms with Crippen LogP contribution in [0.4, 0.5) is 10.5 Å². The highest BCUT2D eigenvalue weighted by Crippen LogP contribution is 2.21. The molecule has 0 heterocycles. The van der Waals surface area contributed by atoms with Crippen molar-refractivity contribution in [2.45, 2.75) is 13.0 Å². The lowest BCUT2D eigenvalue weighted by molar-refractivity contribution is 0.201. The second-order valence-electron chi connectivity index (χ2n) is 3.06. The van der Waals surface area contributed by atoms with Crippen LogP contribution < -0.4 is 4.90 Å². The number of anilines is 1. The maximum atomic E-state index is 11.1. The molecule has 0 radical (unpaired) electrons. The molecule has 0 bridgehead atoms. The van der Waals surface area contributed by atoms with E-state index in [4.69, 9.17) is 21.8 Å². The predicted octanol–water partition coefficient (Wildman–Crippen LogP) is 2.55. The van der Waals surface area contributed by atoms with Gasteiger partial charge in [0.15, 0.2) is 0 Å². The first-order valence-electron chi connectivity index (χ1n) is 4.48. The molecule has 84 valence electrons. The second kappa shape index (κ2) is 5.29. The van der Waals surface area contributed by atoms with Crippen LogP contribution in [0.2, 0.25) is 5.02 Å². The van der Waals surface area contributed by atoms with Gasteiger partial charge in [-0.1, -0.05) is 17.7 Å². The summed E-state index contributed by atoms with van der Waals surface area (Å²) < 4.78 is 0. The average Bonchev–Trinajstić information content (AvgIpc) is 2.17. The van der Waals surface area contributed by atoms with Crippen LogP contribution >= 0.6 is 11.6 Å². The fraction of sp³-hybridized carbons (Fsp3) is 0.182. The van der Waals surface area contributed by atoms with Gasteiger partial charge in [0.2, 0.25) is 0 Å². The summed E-state index contributed by atoms with van der Waals surface area (Å²) in [5.41, 5.74) is 0.412. The summed E-state index contributed by atoms with van der Waals surface area (Å²) in [6.45, 7) is 1.57. The molecule has 0 aromatic heterocycles. The Hall–Kier alpha value is -1.86. The van der Waals surface area contributed by atoms with Crippen LogP contribution in [-0.4, -0.2) is 22.3 Å². The Morgan fingerprint density at radius 3 is 2.75 bits per heavy atom. The second-order valence-corrected chi connectivity index (χ2v) is 3.50. The zero-order valence-electron chi connectivity index (χ0n) is 8.51. The first-order valence-corrected chi connectivity index (χ1v) is 4.86. The van der Waals surface area contributed by atoms with Gasteiger partial charge >= 0.3 is 6.09 Å². The Morgan fingerprint density at radius 2 is 2.25 bits per heavy atom. The summed E-state index contributed by atoms with van der Waals surface area (Å²) in [4.78, 5) is 12.1. The van der Waals surface area contributed by atoms with E-state index in [9.17, 15) is 4.79 Å². The summed E-state index contributed by atoms with van der Waals surface area (Å²) in [5.74, 6) is 2.35. The Balaban J connectivity index is 3.11. The van der Waals surface area contributed by atoms with Crippen molar-refractivity contribution >= 4 is 23.4 Å². The van der Waals surface area contributed by atoms with Crippen LogP contribution in [0, 0.1) is 12.0 Å².